The van der Waals surface area contributed by atoms with E-state index in [9.17, 15) is 19.7 Å². The molecule has 0 spiro atoms. The molecule has 192 valence electrons. The van der Waals surface area contributed by atoms with Crippen molar-refractivity contribution < 1.29 is 19.2 Å². The number of nitro benzene ring substituents is 1. The molecule has 10 heteroatoms. The van der Waals surface area contributed by atoms with Crippen LogP contribution in [0, 0.1) is 15.5 Å². The molecule has 0 aromatic heterocycles. The second-order valence-corrected chi connectivity index (χ2v) is 10.1. The summed E-state index contributed by atoms with van der Waals surface area (Å²) in [7, 11) is 0. The number of benzene rings is 2. The molecule has 2 aliphatic rings. The largest absolute Gasteiger partial charge is 0.378 e. The van der Waals surface area contributed by atoms with Crippen LogP contribution in [0.15, 0.2) is 42.5 Å². The maximum Gasteiger partial charge on any atom is 0.293 e. The zero-order valence-electron chi connectivity index (χ0n) is 21.0. The summed E-state index contributed by atoms with van der Waals surface area (Å²) < 4.78 is 5.33. The van der Waals surface area contributed by atoms with Crippen LogP contribution in [-0.4, -0.2) is 74.1 Å². The van der Waals surface area contributed by atoms with E-state index in [1.54, 1.807) is 12.1 Å². The van der Waals surface area contributed by atoms with Crippen molar-refractivity contribution in [1.29, 1.82) is 0 Å². The van der Waals surface area contributed by atoms with E-state index in [4.69, 9.17) is 4.74 Å². The van der Waals surface area contributed by atoms with Crippen LogP contribution in [0.3, 0.4) is 0 Å². The SMILES string of the molecule is CC(C)(C)C(=O)N1CCN(c2ccc(NC(=O)c3ccc(N4CCOCC4)c([N+](=O)[O-])c3)cc2)CC1. The average Bonchev–Trinajstić information content (AvgIpc) is 2.88. The fraction of sp³-hybridized carbons (Fsp3) is 0.462. The molecule has 2 aromatic rings. The van der Waals surface area contributed by atoms with Gasteiger partial charge in [0.2, 0.25) is 5.91 Å². The zero-order chi connectivity index (χ0) is 25.9. The predicted molar refractivity (Wildman–Crippen MR) is 139 cm³/mol. The molecule has 2 saturated heterocycles. The van der Waals surface area contributed by atoms with Gasteiger partial charge in [0, 0.05) is 67.7 Å². The van der Waals surface area contributed by atoms with E-state index in [2.05, 4.69) is 10.2 Å². The molecule has 2 aromatic carbocycles. The Labute approximate surface area is 211 Å². The Morgan fingerprint density at radius 3 is 2.14 bits per heavy atom. The highest BCUT2D eigenvalue weighted by Gasteiger charge is 2.30. The van der Waals surface area contributed by atoms with Crippen LogP contribution in [0.1, 0.15) is 31.1 Å². The second-order valence-electron chi connectivity index (χ2n) is 10.1. The van der Waals surface area contributed by atoms with Crippen molar-refractivity contribution in [3.8, 4) is 0 Å². The van der Waals surface area contributed by atoms with Gasteiger partial charge < -0.3 is 24.8 Å². The molecule has 2 heterocycles. The predicted octanol–water partition coefficient (Wildman–Crippen LogP) is 3.38. The highest BCUT2D eigenvalue weighted by Crippen LogP contribution is 2.30. The van der Waals surface area contributed by atoms with Crippen LogP contribution >= 0.6 is 0 Å². The number of carbonyl (C=O) groups is 2. The number of hydrogen-bond donors (Lipinski definition) is 1. The lowest BCUT2D eigenvalue weighted by atomic mass is 9.94. The van der Waals surface area contributed by atoms with Gasteiger partial charge in [-0.3, -0.25) is 19.7 Å². The van der Waals surface area contributed by atoms with Gasteiger partial charge >= 0.3 is 0 Å². The monoisotopic (exact) mass is 495 g/mol. The smallest absolute Gasteiger partial charge is 0.293 e. The number of piperazine rings is 1. The van der Waals surface area contributed by atoms with Gasteiger partial charge in [0.05, 0.1) is 18.1 Å². The fourth-order valence-corrected chi connectivity index (χ4v) is 4.48. The minimum atomic E-state index is -0.453. The van der Waals surface area contributed by atoms with E-state index in [0.29, 0.717) is 50.8 Å². The quantitative estimate of drug-likeness (QED) is 0.500. The first-order chi connectivity index (χ1) is 17.1. The molecule has 1 N–H and O–H groups in total. The molecule has 0 saturated carbocycles. The standard InChI is InChI=1S/C26H33N5O5/c1-26(2,3)25(33)30-12-10-28(11-13-30)21-7-5-20(6-8-21)27-24(32)19-4-9-22(23(18-19)31(34)35)29-14-16-36-17-15-29/h4-9,18H,10-17H2,1-3H3,(H,27,32). The third-order valence-electron chi connectivity index (χ3n) is 6.48. The van der Waals surface area contributed by atoms with Gasteiger partial charge in [0.1, 0.15) is 5.69 Å². The Morgan fingerprint density at radius 1 is 0.917 bits per heavy atom. The van der Waals surface area contributed by atoms with Crippen molar-refractivity contribution in [3.05, 3.63) is 58.1 Å². The lowest BCUT2D eigenvalue weighted by Crippen LogP contribution is -2.51. The number of nitrogens with one attached hydrogen (secondary N) is 1. The minimum Gasteiger partial charge on any atom is -0.378 e. The minimum absolute atomic E-state index is 0.0935. The highest BCUT2D eigenvalue weighted by atomic mass is 16.6. The van der Waals surface area contributed by atoms with Crippen molar-refractivity contribution in [2.45, 2.75) is 20.8 Å². The second kappa shape index (κ2) is 10.5. The summed E-state index contributed by atoms with van der Waals surface area (Å²) in [5.74, 6) is -0.243. The summed E-state index contributed by atoms with van der Waals surface area (Å²) in [5.41, 5.74) is 1.86. The summed E-state index contributed by atoms with van der Waals surface area (Å²) in [6, 6.07) is 12.1. The maximum atomic E-state index is 12.8. The molecule has 0 bridgehead atoms. The molecule has 0 aliphatic carbocycles. The van der Waals surface area contributed by atoms with Gasteiger partial charge in [-0.25, -0.2) is 0 Å². The average molecular weight is 496 g/mol. The van der Waals surface area contributed by atoms with Crippen LogP contribution in [0.5, 0.6) is 0 Å². The van der Waals surface area contributed by atoms with E-state index < -0.39 is 10.8 Å². The third kappa shape index (κ3) is 5.76. The Balaban J connectivity index is 1.38. The molecular formula is C26H33N5O5. The van der Waals surface area contributed by atoms with Crippen LogP contribution in [0.2, 0.25) is 0 Å². The zero-order valence-corrected chi connectivity index (χ0v) is 21.0. The number of nitrogens with zero attached hydrogens (tertiary/aromatic N) is 4. The molecular weight excluding hydrogens is 462 g/mol. The lowest BCUT2D eigenvalue weighted by molar-refractivity contribution is -0.384. The summed E-state index contributed by atoms with van der Waals surface area (Å²) in [6.07, 6.45) is 0. The molecule has 0 unspecified atom stereocenters. The first-order valence-electron chi connectivity index (χ1n) is 12.2. The van der Waals surface area contributed by atoms with Crippen molar-refractivity contribution in [1.82, 2.24) is 4.90 Å². The van der Waals surface area contributed by atoms with E-state index in [0.717, 1.165) is 18.8 Å². The van der Waals surface area contributed by atoms with E-state index in [1.807, 2.05) is 54.8 Å². The van der Waals surface area contributed by atoms with Gasteiger partial charge in [-0.15, -0.1) is 0 Å². The molecule has 2 aliphatic heterocycles. The molecule has 2 fully saturated rings. The first kappa shape index (κ1) is 25.4. The Bertz CT molecular complexity index is 1110. The van der Waals surface area contributed by atoms with E-state index in [1.165, 1.54) is 6.07 Å². The summed E-state index contributed by atoms with van der Waals surface area (Å²) in [4.78, 5) is 42.6. The molecule has 0 radical (unpaired) electrons. The van der Waals surface area contributed by atoms with Gasteiger partial charge in [0.15, 0.2) is 0 Å². The number of carbonyl (C=O) groups excluding carboxylic acids is 2. The fourth-order valence-electron chi connectivity index (χ4n) is 4.48. The lowest BCUT2D eigenvalue weighted by Gasteiger charge is -2.38. The number of amides is 2. The molecule has 10 nitrogen and oxygen atoms in total. The third-order valence-corrected chi connectivity index (χ3v) is 6.48. The van der Waals surface area contributed by atoms with Gasteiger partial charge in [-0.2, -0.15) is 0 Å². The van der Waals surface area contributed by atoms with Crippen molar-refractivity contribution in [2.24, 2.45) is 5.41 Å². The number of ether oxygens (including phenoxy) is 1. The molecule has 2 amide bonds. The van der Waals surface area contributed by atoms with Gasteiger partial charge in [-0.1, -0.05) is 20.8 Å². The number of nitro groups is 1. The Kier molecular flexibility index (Phi) is 7.44. The van der Waals surface area contributed by atoms with Crippen molar-refractivity contribution >= 4 is 34.6 Å². The Hall–Kier alpha value is -3.66. The number of morpholine rings is 1. The Morgan fingerprint density at radius 2 is 1.56 bits per heavy atom. The molecule has 4 rings (SSSR count). The van der Waals surface area contributed by atoms with E-state index in [-0.39, 0.29) is 22.6 Å². The number of rotatable bonds is 5. The van der Waals surface area contributed by atoms with Gasteiger partial charge in [-0.05, 0) is 36.4 Å². The number of anilines is 3. The van der Waals surface area contributed by atoms with E-state index >= 15 is 0 Å². The van der Waals surface area contributed by atoms with Crippen LogP contribution in [-0.2, 0) is 9.53 Å². The van der Waals surface area contributed by atoms with Gasteiger partial charge in [0.25, 0.3) is 11.6 Å². The summed E-state index contributed by atoms with van der Waals surface area (Å²) in [5, 5.41) is 14.5. The van der Waals surface area contributed by atoms with Crippen LogP contribution in [0.4, 0.5) is 22.7 Å². The van der Waals surface area contributed by atoms with Crippen molar-refractivity contribution in [3.63, 3.8) is 0 Å². The first-order valence-corrected chi connectivity index (χ1v) is 12.2. The molecule has 0 atom stereocenters. The van der Waals surface area contributed by atoms with Crippen LogP contribution in [0.25, 0.3) is 0 Å². The number of hydrogen-bond acceptors (Lipinski definition) is 7. The van der Waals surface area contributed by atoms with Crippen molar-refractivity contribution in [2.75, 3.05) is 67.6 Å². The molecule has 36 heavy (non-hydrogen) atoms. The maximum absolute atomic E-state index is 12.8. The topological polar surface area (TPSA) is 108 Å². The van der Waals surface area contributed by atoms with Crippen LogP contribution < -0.4 is 15.1 Å². The normalized spacial score (nSPS) is 16.6. The summed E-state index contributed by atoms with van der Waals surface area (Å²) in [6.45, 7) is 10.8. The highest BCUT2D eigenvalue weighted by molar-refractivity contribution is 6.05. The summed E-state index contributed by atoms with van der Waals surface area (Å²) >= 11 is 0.